The Morgan fingerprint density at radius 1 is 1.05 bits per heavy atom. The summed E-state index contributed by atoms with van der Waals surface area (Å²) in [4.78, 5) is 9.68. The highest BCUT2D eigenvalue weighted by atomic mass is 35.5. The van der Waals surface area contributed by atoms with E-state index in [1.54, 1.807) is 0 Å². The number of anilines is 2. The lowest BCUT2D eigenvalue weighted by Gasteiger charge is -2.04. The minimum atomic E-state index is 0.452. The molecule has 2 aromatic heterocycles. The number of nitrogen functional groups attached to an aromatic ring is 2. The molecular formula is C14H13ClN4S. The molecule has 0 aliphatic carbocycles. The number of halogens is 1. The number of hydrogen-bond donors (Lipinski definition) is 2. The van der Waals surface area contributed by atoms with Crippen molar-refractivity contribution in [3.63, 3.8) is 0 Å². The van der Waals surface area contributed by atoms with Gasteiger partial charge in [-0.2, -0.15) is 0 Å². The molecule has 0 unspecified atom stereocenters. The summed E-state index contributed by atoms with van der Waals surface area (Å²) in [6, 6.07) is 7.82. The van der Waals surface area contributed by atoms with Gasteiger partial charge in [-0.3, -0.25) is 0 Å². The van der Waals surface area contributed by atoms with Crippen molar-refractivity contribution in [1.82, 2.24) is 9.97 Å². The molecule has 0 radical (unpaired) electrons. The monoisotopic (exact) mass is 304 g/mol. The Morgan fingerprint density at radius 3 is 2.55 bits per heavy atom. The van der Waals surface area contributed by atoms with Crippen LogP contribution in [0.4, 0.5) is 11.5 Å². The van der Waals surface area contributed by atoms with Crippen LogP contribution in [0.5, 0.6) is 0 Å². The van der Waals surface area contributed by atoms with Crippen LogP contribution in [0.15, 0.2) is 29.6 Å². The van der Waals surface area contributed by atoms with Gasteiger partial charge in [0.05, 0.1) is 10.4 Å². The summed E-state index contributed by atoms with van der Waals surface area (Å²) < 4.78 is 0. The molecule has 2 heterocycles. The summed E-state index contributed by atoms with van der Waals surface area (Å²) in [5, 5.41) is 3.21. The van der Waals surface area contributed by atoms with Crippen molar-refractivity contribution in [3.05, 3.63) is 46.1 Å². The Bertz CT molecular complexity index is 752. The van der Waals surface area contributed by atoms with Crippen LogP contribution in [0.3, 0.4) is 0 Å². The minimum Gasteiger partial charge on any atom is -0.399 e. The van der Waals surface area contributed by atoms with Crippen molar-refractivity contribution in [2.45, 2.75) is 12.8 Å². The molecule has 0 bridgehead atoms. The standard InChI is InChI=1S/C14H13ClN4S/c15-10-7-20-14-12(10)13(17)18-11(19-14)6-3-8-1-4-9(16)5-2-8/h1-2,4-5,7H,3,6,16H2,(H2,17,18,19). The number of benzene rings is 1. The van der Waals surface area contributed by atoms with Crippen LogP contribution in [-0.2, 0) is 12.8 Å². The fourth-order valence-electron chi connectivity index (χ4n) is 2.03. The van der Waals surface area contributed by atoms with Crippen molar-refractivity contribution < 1.29 is 0 Å². The van der Waals surface area contributed by atoms with Crippen LogP contribution in [0.25, 0.3) is 10.2 Å². The Kier molecular flexibility index (Phi) is 3.46. The van der Waals surface area contributed by atoms with Gasteiger partial charge in [0.15, 0.2) is 0 Å². The molecular weight excluding hydrogens is 292 g/mol. The molecule has 0 aliphatic rings. The lowest BCUT2D eigenvalue weighted by atomic mass is 10.1. The van der Waals surface area contributed by atoms with Crippen LogP contribution < -0.4 is 11.5 Å². The maximum absolute atomic E-state index is 6.06. The van der Waals surface area contributed by atoms with E-state index >= 15 is 0 Å². The lowest BCUT2D eigenvalue weighted by molar-refractivity contribution is 0.874. The van der Waals surface area contributed by atoms with Crippen molar-refractivity contribution in [1.29, 1.82) is 0 Å². The van der Waals surface area contributed by atoms with Crippen LogP contribution in [-0.4, -0.2) is 9.97 Å². The molecule has 6 heteroatoms. The first-order valence-electron chi connectivity index (χ1n) is 6.17. The van der Waals surface area contributed by atoms with Gasteiger partial charge in [0.25, 0.3) is 0 Å². The number of fused-ring (bicyclic) bond motifs is 1. The molecule has 0 saturated heterocycles. The predicted octanol–water partition coefficient (Wildman–Crippen LogP) is 3.29. The first-order valence-corrected chi connectivity index (χ1v) is 7.43. The Hall–Kier alpha value is -1.85. The average Bonchev–Trinajstić information content (AvgIpc) is 2.80. The molecule has 3 aromatic rings. The van der Waals surface area contributed by atoms with Crippen molar-refractivity contribution >= 4 is 44.7 Å². The van der Waals surface area contributed by atoms with Crippen molar-refractivity contribution in [2.75, 3.05) is 11.5 Å². The second-order valence-electron chi connectivity index (χ2n) is 4.53. The van der Waals surface area contributed by atoms with E-state index in [0.717, 1.165) is 34.6 Å². The van der Waals surface area contributed by atoms with E-state index in [4.69, 9.17) is 23.1 Å². The zero-order chi connectivity index (χ0) is 14.1. The van der Waals surface area contributed by atoms with Crippen LogP contribution >= 0.6 is 22.9 Å². The summed E-state index contributed by atoms with van der Waals surface area (Å²) in [5.74, 6) is 1.19. The van der Waals surface area contributed by atoms with E-state index in [0.29, 0.717) is 10.8 Å². The first-order chi connectivity index (χ1) is 9.63. The lowest BCUT2D eigenvalue weighted by Crippen LogP contribution is -2.02. The fourth-order valence-corrected chi connectivity index (χ4v) is 3.23. The molecule has 4 nitrogen and oxygen atoms in total. The summed E-state index contributed by atoms with van der Waals surface area (Å²) in [5.41, 5.74) is 13.6. The number of thiophene rings is 1. The molecule has 0 saturated carbocycles. The molecule has 0 atom stereocenters. The van der Waals surface area contributed by atoms with Crippen molar-refractivity contribution in [3.8, 4) is 0 Å². The third-order valence-electron chi connectivity index (χ3n) is 3.08. The van der Waals surface area contributed by atoms with Crippen LogP contribution in [0, 0.1) is 0 Å². The van der Waals surface area contributed by atoms with Gasteiger partial charge in [-0.05, 0) is 24.1 Å². The molecule has 102 valence electrons. The van der Waals surface area contributed by atoms with E-state index in [1.807, 2.05) is 29.6 Å². The second-order valence-corrected chi connectivity index (χ2v) is 5.80. The van der Waals surface area contributed by atoms with Gasteiger partial charge < -0.3 is 11.5 Å². The molecule has 3 rings (SSSR count). The largest absolute Gasteiger partial charge is 0.399 e. The third-order valence-corrected chi connectivity index (χ3v) is 4.38. The van der Waals surface area contributed by atoms with E-state index in [1.165, 1.54) is 16.9 Å². The van der Waals surface area contributed by atoms with Gasteiger partial charge in [-0.15, -0.1) is 11.3 Å². The summed E-state index contributed by atoms with van der Waals surface area (Å²) in [7, 11) is 0. The highest BCUT2D eigenvalue weighted by molar-refractivity contribution is 7.17. The van der Waals surface area contributed by atoms with Gasteiger partial charge in [0.1, 0.15) is 16.5 Å². The smallest absolute Gasteiger partial charge is 0.137 e. The number of hydrogen-bond acceptors (Lipinski definition) is 5. The molecule has 20 heavy (non-hydrogen) atoms. The zero-order valence-corrected chi connectivity index (χ0v) is 12.2. The van der Waals surface area contributed by atoms with Crippen LogP contribution in [0.2, 0.25) is 5.02 Å². The topological polar surface area (TPSA) is 77.8 Å². The number of nitrogens with zero attached hydrogens (tertiary/aromatic N) is 2. The summed E-state index contributed by atoms with van der Waals surface area (Å²) in [6.07, 6.45) is 1.59. The van der Waals surface area contributed by atoms with Gasteiger partial charge in [0.2, 0.25) is 0 Å². The van der Waals surface area contributed by atoms with Gasteiger partial charge in [-0.25, -0.2) is 9.97 Å². The number of rotatable bonds is 3. The van der Waals surface area contributed by atoms with E-state index in [9.17, 15) is 0 Å². The minimum absolute atomic E-state index is 0.452. The molecule has 1 aromatic carbocycles. The Balaban J connectivity index is 1.82. The maximum Gasteiger partial charge on any atom is 0.137 e. The normalized spacial score (nSPS) is 11.1. The summed E-state index contributed by atoms with van der Waals surface area (Å²) >= 11 is 7.54. The molecule has 0 amide bonds. The number of aryl methyl sites for hydroxylation is 2. The van der Waals surface area contributed by atoms with Crippen molar-refractivity contribution in [2.24, 2.45) is 0 Å². The highest BCUT2D eigenvalue weighted by Crippen LogP contribution is 2.31. The zero-order valence-electron chi connectivity index (χ0n) is 10.6. The highest BCUT2D eigenvalue weighted by Gasteiger charge is 2.10. The first kappa shape index (κ1) is 13.1. The molecule has 0 fully saturated rings. The number of nitrogens with two attached hydrogens (primary N) is 2. The Morgan fingerprint density at radius 2 is 1.80 bits per heavy atom. The SMILES string of the molecule is Nc1ccc(CCc2nc(N)c3c(Cl)csc3n2)cc1. The van der Waals surface area contributed by atoms with E-state index in [-0.39, 0.29) is 0 Å². The van der Waals surface area contributed by atoms with Gasteiger partial charge in [-0.1, -0.05) is 23.7 Å². The fraction of sp³-hybridized carbons (Fsp3) is 0.143. The van der Waals surface area contributed by atoms with Gasteiger partial charge >= 0.3 is 0 Å². The summed E-state index contributed by atoms with van der Waals surface area (Å²) in [6.45, 7) is 0. The Labute approximate surface area is 125 Å². The second kappa shape index (κ2) is 5.26. The van der Waals surface area contributed by atoms with Crippen LogP contribution in [0.1, 0.15) is 11.4 Å². The predicted molar refractivity (Wildman–Crippen MR) is 85.1 cm³/mol. The maximum atomic E-state index is 6.06. The van der Waals surface area contributed by atoms with E-state index in [2.05, 4.69) is 9.97 Å². The average molecular weight is 305 g/mol. The quantitative estimate of drug-likeness (QED) is 0.728. The van der Waals surface area contributed by atoms with E-state index < -0.39 is 0 Å². The molecule has 0 spiro atoms. The third kappa shape index (κ3) is 2.55. The molecule has 0 aliphatic heterocycles. The number of aromatic nitrogens is 2. The molecule has 4 N–H and O–H groups in total. The van der Waals surface area contributed by atoms with Gasteiger partial charge in [0, 0.05) is 17.5 Å².